The van der Waals surface area contributed by atoms with Crippen LogP contribution in [0.4, 0.5) is 10.5 Å². The van der Waals surface area contributed by atoms with Crippen LogP contribution in [0, 0.1) is 0 Å². The zero-order valence-corrected chi connectivity index (χ0v) is 17.1. The normalized spacial score (nSPS) is 18.5. The van der Waals surface area contributed by atoms with E-state index in [2.05, 4.69) is 5.32 Å². The Hall–Kier alpha value is -3.36. The van der Waals surface area contributed by atoms with E-state index >= 15 is 0 Å². The number of carbonyl (C=O) groups is 4. The second-order valence-electron chi connectivity index (χ2n) is 7.20. The van der Waals surface area contributed by atoms with Crippen molar-refractivity contribution in [3.05, 3.63) is 35.9 Å². The molecule has 1 saturated heterocycles. The van der Waals surface area contributed by atoms with Crippen LogP contribution >= 0.6 is 0 Å². The van der Waals surface area contributed by atoms with Crippen molar-refractivity contribution >= 4 is 35.1 Å². The van der Waals surface area contributed by atoms with Crippen molar-refractivity contribution < 1.29 is 28.7 Å². The molecule has 1 fully saturated rings. The maximum absolute atomic E-state index is 12.1. The minimum atomic E-state index is -0.472. The fourth-order valence-corrected chi connectivity index (χ4v) is 3.36. The van der Waals surface area contributed by atoms with E-state index in [0.717, 1.165) is 16.8 Å². The summed E-state index contributed by atoms with van der Waals surface area (Å²) >= 11 is 0. The monoisotopic (exact) mass is 415 g/mol. The number of anilines is 1. The molecule has 9 nitrogen and oxygen atoms in total. The highest BCUT2D eigenvalue weighted by molar-refractivity contribution is 5.90. The molecule has 3 rings (SSSR count). The van der Waals surface area contributed by atoms with Gasteiger partial charge in [0.05, 0.1) is 13.1 Å². The summed E-state index contributed by atoms with van der Waals surface area (Å²) in [5.41, 5.74) is 2.86. The zero-order valence-electron chi connectivity index (χ0n) is 17.1. The van der Waals surface area contributed by atoms with Gasteiger partial charge in [-0.1, -0.05) is 18.2 Å². The predicted octanol–water partition coefficient (Wildman–Crippen LogP) is 1.33. The molecule has 0 aromatic heterocycles. The number of benzene rings is 1. The molecule has 0 bridgehead atoms. The number of carbonyl (C=O) groups excluding carboxylic acids is 4. The maximum atomic E-state index is 12.1. The number of nitrogens with zero attached hydrogens (tertiary/aromatic N) is 2. The van der Waals surface area contributed by atoms with Crippen molar-refractivity contribution in [3.8, 4) is 0 Å². The first kappa shape index (κ1) is 21.4. The number of nitrogens with one attached hydrogen (secondary N) is 1. The first-order valence-corrected chi connectivity index (χ1v) is 9.76. The lowest BCUT2D eigenvalue weighted by molar-refractivity contribution is -0.150. The van der Waals surface area contributed by atoms with Crippen LogP contribution in [0.25, 0.3) is 5.57 Å². The molecule has 0 unspecified atom stereocenters. The van der Waals surface area contributed by atoms with Crippen molar-refractivity contribution in [1.82, 2.24) is 10.2 Å². The number of amides is 3. The average molecular weight is 415 g/mol. The molecular formula is C21H25N3O6. The molecule has 160 valence electrons. The highest BCUT2D eigenvalue weighted by atomic mass is 16.6. The number of hydrogen-bond acceptors (Lipinski definition) is 6. The van der Waals surface area contributed by atoms with Crippen molar-refractivity contribution in [2.75, 3.05) is 37.7 Å². The fraction of sp³-hybridized carbons (Fsp3) is 0.429. The molecule has 0 radical (unpaired) electrons. The summed E-state index contributed by atoms with van der Waals surface area (Å²) in [5, 5.41) is 2.65. The standard InChI is InChI=1S/C21H25N3O6/c1-14(25)22-11-19-12-24(21(28)30-19)18-5-3-16(4-6-18)17-7-9-23(10-8-17)20(27)13-29-15(2)26/h3-7,19H,8-13H2,1-2H3,(H,22,25)/t19-/m0/s1. The highest BCUT2D eigenvalue weighted by Crippen LogP contribution is 2.27. The van der Waals surface area contributed by atoms with Crippen LogP contribution in [0.1, 0.15) is 25.8 Å². The SMILES string of the molecule is CC(=O)NC[C@H]1CN(c2ccc(C3=CCN(C(=O)COC(C)=O)CC3)cc2)C(=O)O1. The van der Waals surface area contributed by atoms with Gasteiger partial charge in [-0.05, 0) is 29.7 Å². The van der Waals surface area contributed by atoms with Gasteiger partial charge in [0.25, 0.3) is 5.91 Å². The van der Waals surface area contributed by atoms with E-state index < -0.39 is 12.1 Å². The number of rotatable bonds is 6. The molecule has 1 atom stereocenters. The molecule has 1 aromatic rings. The van der Waals surface area contributed by atoms with Crippen LogP contribution in [0.2, 0.25) is 0 Å². The Morgan fingerprint density at radius 2 is 1.93 bits per heavy atom. The van der Waals surface area contributed by atoms with Crippen molar-refractivity contribution in [2.45, 2.75) is 26.4 Å². The third-order valence-corrected chi connectivity index (χ3v) is 4.96. The fourth-order valence-electron chi connectivity index (χ4n) is 3.36. The third-order valence-electron chi connectivity index (χ3n) is 4.96. The maximum Gasteiger partial charge on any atom is 0.414 e. The van der Waals surface area contributed by atoms with Gasteiger partial charge in [0, 0.05) is 32.6 Å². The van der Waals surface area contributed by atoms with Crippen LogP contribution in [0.3, 0.4) is 0 Å². The summed E-state index contributed by atoms with van der Waals surface area (Å²) in [6.07, 6.45) is 1.86. The Morgan fingerprint density at radius 1 is 1.20 bits per heavy atom. The number of hydrogen-bond donors (Lipinski definition) is 1. The Balaban J connectivity index is 1.57. The Kier molecular flexibility index (Phi) is 6.71. The molecular weight excluding hydrogens is 390 g/mol. The van der Waals surface area contributed by atoms with Crippen molar-refractivity contribution in [3.63, 3.8) is 0 Å². The van der Waals surface area contributed by atoms with Crippen LogP contribution in [-0.4, -0.2) is 67.7 Å². The van der Waals surface area contributed by atoms with E-state index in [4.69, 9.17) is 9.47 Å². The molecule has 3 amide bonds. The second kappa shape index (κ2) is 9.43. The Morgan fingerprint density at radius 3 is 2.53 bits per heavy atom. The summed E-state index contributed by atoms with van der Waals surface area (Å²) in [5.74, 6) is -0.849. The molecule has 2 aliphatic heterocycles. The number of cyclic esters (lactones) is 1. The van der Waals surface area contributed by atoms with Gasteiger partial charge in [-0.2, -0.15) is 0 Å². The van der Waals surface area contributed by atoms with Gasteiger partial charge >= 0.3 is 12.1 Å². The number of esters is 1. The minimum absolute atomic E-state index is 0.166. The highest BCUT2D eigenvalue weighted by Gasteiger charge is 2.32. The molecule has 2 heterocycles. The lowest BCUT2D eigenvalue weighted by atomic mass is 9.99. The van der Waals surface area contributed by atoms with E-state index in [0.29, 0.717) is 26.1 Å². The van der Waals surface area contributed by atoms with Gasteiger partial charge < -0.3 is 19.7 Å². The summed E-state index contributed by atoms with van der Waals surface area (Å²) < 4.78 is 10.0. The topological polar surface area (TPSA) is 105 Å². The van der Waals surface area contributed by atoms with Gasteiger partial charge in [-0.25, -0.2) is 4.79 Å². The molecule has 9 heteroatoms. The van der Waals surface area contributed by atoms with Crippen LogP contribution < -0.4 is 10.2 Å². The molecule has 1 N–H and O–H groups in total. The summed E-state index contributed by atoms with van der Waals surface area (Å²) in [4.78, 5) is 49.2. The molecule has 30 heavy (non-hydrogen) atoms. The van der Waals surface area contributed by atoms with E-state index in [-0.39, 0.29) is 31.1 Å². The smallest absolute Gasteiger partial charge is 0.414 e. The quantitative estimate of drug-likeness (QED) is 0.703. The summed E-state index contributed by atoms with van der Waals surface area (Å²) in [7, 11) is 0. The minimum Gasteiger partial charge on any atom is -0.456 e. The van der Waals surface area contributed by atoms with E-state index in [1.165, 1.54) is 13.8 Å². The van der Waals surface area contributed by atoms with Gasteiger partial charge in [0.2, 0.25) is 5.91 Å². The van der Waals surface area contributed by atoms with Gasteiger partial charge in [0.1, 0.15) is 6.10 Å². The Labute approximate surface area is 174 Å². The summed E-state index contributed by atoms with van der Waals surface area (Å²) in [6.45, 7) is 4.13. The Bertz CT molecular complexity index is 864. The van der Waals surface area contributed by atoms with E-state index in [9.17, 15) is 19.2 Å². The lowest BCUT2D eigenvalue weighted by Crippen LogP contribution is -2.37. The van der Waals surface area contributed by atoms with Gasteiger partial charge in [0.15, 0.2) is 6.61 Å². The largest absolute Gasteiger partial charge is 0.456 e. The lowest BCUT2D eigenvalue weighted by Gasteiger charge is -2.26. The van der Waals surface area contributed by atoms with Crippen LogP contribution in [0.15, 0.2) is 30.3 Å². The predicted molar refractivity (Wildman–Crippen MR) is 109 cm³/mol. The third kappa shape index (κ3) is 5.37. The second-order valence-corrected chi connectivity index (χ2v) is 7.20. The molecule has 1 aromatic carbocycles. The molecule has 0 saturated carbocycles. The van der Waals surface area contributed by atoms with Crippen LogP contribution in [-0.2, 0) is 23.9 Å². The van der Waals surface area contributed by atoms with Gasteiger partial charge in [-0.15, -0.1) is 0 Å². The first-order valence-electron chi connectivity index (χ1n) is 9.76. The molecule has 0 spiro atoms. The molecule has 2 aliphatic rings. The van der Waals surface area contributed by atoms with Crippen molar-refractivity contribution in [1.29, 1.82) is 0 Å². The van der Waals surface area contributed by atoms with Gasteiger partial charge in [-0.3, -0.25) is 19.3 Å². The average Bonchev–Trinajstić information content (AvgIpc) is 3.11. The first-order chi connectivity index (χ1) is 14.3. The number of ether oxygens (including phenoxy) is 2. The van der Waals surface area contributed by atoms with E-state index in [1.54, 1.807) is 9.80 Å². The van der Waals surface area contributed by atoms with Crippen molar-refractivity contribution in [2.24, 2.45) is 0 Å². The molecule has 0 aliphatic carbocycles. The van der Waals surface area contributed by atoms with Crippen LogP contribution in [0.5, 0.6) is 0 Å². The summed E-state index contributed by atoms with van der Waals surface area (Å²) in [6, 6.07) is 7.59. The van der Waals surface area contributed by atoms with E-state index in [1.807, 2.05) is 30.3 Å². The zero-order chi connectivity index (χ0) is 21.7.